The third-order valence-corrected chi connectivity index (χ3v) is 7.22. The fourth-order valence-corrected chi connectivity index (χ4v) is 5.00. The summed E-state index contributed by atoms with van der Waals surface area (Å²) >= 11 is 1.42. The molecule has 2 heterocycles. The Morgan fingerprint density at radius 2 is 2.00 bits per heavy atom. The fraction of sp³-hybridized carbons (Fsp3) is 0.417. The van der Waals surface area contributed by atoms with E-state index in [4.69, 9.17) is 0 Å². The Labute approximate surface area is 187 Å². The maximum atomic E-state index is 12.7. The molecule has 7 heteroatoms. The van der Waals surface area contributed by atoms with E-state index in [9.17, 15) is 4.79 Å². The normalized spacial score (nSPS) is 21.1. The number of amides is 1. The number of rotatable bonds is 6. The SMILES string of the molecule is Cc1ccccc1-n1c(SCC(=O)N[C@@H]2CCC[C@@H](C)[C@@H]2C)nnc1-c1cccnc1. The van der Waals surface area contributed by atoms with Crippen molar-refractivity contribution in [3.8, 4) is 17.1 Å². The van der Waals surface area contributed by atoms with E-state index >= 15 is 0 Å². The van der Waals surface area contributed by atoms with Gasteiger partial charge in [0, 0.05) is 24.0 Å². The predicted octanol–water partition coefficient (Wildman–Crippen LogP) is 4.67. The van der Waals surface area contributed by atoms with Crippen molar-refractivity contribution < 1.29 is 4.79 Å². The van der Waals surface area contributed by atoms with Crippen LogP contribution in [0.5, 0.6) is 0 Å². The minimum absolute atomic E-state index is 0.0539. The summed E-state index contributed by atoms with van der Waals surface area (Å²) < 4.78 is 2.02. The Morgan fingerprint density at radius 3 is 2.77 bits per heavy atom. The molecular formula is C24H29N5OS. The highest BCUT2D eigenvalue weighted by atomic mass is 32.2. The number of para-hydroxylation sites is 1. The summed E-state index contributed by atoms with van der Waals surface area (Å²) in [6.07, 6.45) is 7.02. The zero-order valence-corrected chi connectivity index (χ0v) is 19.1. The molecule has 1 N–H and O–H groups in total. The highest BCUT2D eigenvalue weighted by Crippen LogP contribution is 2.31. The van der Waals surface area contributed by atoms with Crippen LogP contribution in [0.1, 0.15) is 38.7 Å². The standard InChI is InChI=1S/C24H29N5OS/c1-16-9-6-11-20(18(16)3)26-22(30)15-31-24-28-27-23(19-10-7-13-25-14-19)29(24)21-12-5-4-8-17(21)2/h4-5,7-8,10,12-14,16,18,20H,6,9,11,15H2,1-3H3,(H,26,30)/t16-,18+,20-/m1/s1. The van der Waals surface area contributed by atoms with E-state index in [0.29, 0.717) is 22.7 Å². The largest absolute Gasteiger partial charge is 0.352 e. The Morgan fingerprint density at radius 1 is 1.16 bits per heavy atom. The summed E-state index contributed by atoms with van der Waals surface area (Å²) in [6, 6.07) is 12.2. The average molecular weight is 436 g/mol. The van der Waals surface area contributed by atoms with Crippen molar-refractivity contribution in [1.82, 2.24) is 25.1 Å². The second-order valence-corrected chi connectivity index (χ2v) is 9.34. The first-order chi connectivity index (χ1) is 15.0. The summed E-state index contributed by atoms with van der Waals surface area (Å²) in [5.74, 6) is 2.25. The lowest BCUT2D eigenvalue weighted by Gasteiger charge is -2.34. The third-order valence-electron chi connectivity index (χ3n) is 6.30. The highest BCUT2D eigenvalue weighted by molar-refractivity contribution is 7.99. The molecule has 1 amide bonds. The fourth-order valence-electron chi connectivity index (χ4n) is 4.24. The van der Waals surface area contributed by atoms with Crippen LogP contribution in [0.2, 0.25) is 0 Å². The molecule has 1 aromatic carbocycles. The first-order valence-electron chi connectivity index (χ1n) is 10.9. The van der Waals surface area contributed by atoms with Crippen LogP contribution in [0.15, 0.2) is 53.9 Å². The number of nitrogens with zero attached hydrogens (tertiary/aromatic N) is 4. The molecule has 0 spiro atoms. The number of pyridine rings is 1. The number of aryl methyl sites for hydroxylation is 1. The van der Waals surface area contributed by atoms with Crippen molar-refractivity contribution in [2.75, 3.05) is 5.75 Å². The summed E-state index contributed by atoms with van der Waals surface area (Å²) in [5, 5.41) is 12.8. The van der Waals surface area contributed by atoms with Crippen molar-refractivity contribution in [2.45, 2.75) is 51.2 Å². The third kappa shape index (κ3) is 4.82. The molecule has 1 aliphatic carbocycles. The van der Waals surface area contributed by atoms with Gasteiger partial charge in [0.25, 0.3) is 0 Å². The first-order valence-corrected chi connectivity index (χ1v) is 11.9. The number of benzene rings is 1. The van der Waals surface area contributed by atoms with Gasteiger partial charge in [0.2, 0.25) is 5.91 Å². The zero-order valence-electron chi connectivity index (χ0n) is 18.3. The Balaban J connectivity index is 1.55. The number of thioether (sulfide) groups is 1. The van der Waals surface area contributed by atoms with Crippen molar-refractivity contribution in [3.63, 3.8) is 0 Å². The van der Waals surface area contributed by atoms with E-state index < -0.39 is 0 Å². The van der Waals surface area contributed by atoms with Crippen LogP contribution in [0.4, 0.5) is 0 Å². The smallest absolute Gasteiger partial charge is 0.230 e. The summed E-state index contributed by atoms with van der Waals surface area (Å²) in [7, 11) is 0. The first kappa shape index (κ1) is 21.6. The van der Waals surface area contributed by atoms with Gasteiger partial charge >= 0.3 is 0 Å². The molecule has 0 unspecified atom stereocenters. The van der Waals surface area contributed by atoms with Gasteiger partial charge in [-0.1, -0.05) is 56.7 Å². The van der Waals surface area contributed by atoms with Gasteiger partial charge in [-0.15, -0.1) is 10.2 Å². The van der Waals surface area contributed by atoms with Gasteiger partial charge in [-0.2, -0.15) is 0 Å². The molecule has 162 valence electrons. The molecule has 3 aromatic rings. The van der Waals surface area contributed by atoms with Crippen molar-refractivity contribution in [2.24, 2.45) is 11.8 Å². The van der Waals surface area contributed by atoms with Crippen LogP contribution in [-0.4, -0.2) is 37.5 Å². The van der Waals surface area contributed by atoms with Crippen molar-refractivity contribution in [3.05, 3.63) is 54.4 Å². The summed E-state index contributed by atoms with van der Waals surface area (Å²) in [5.41, 5.74) is 3.01. The Kier molecular flexibility index (Phi) is 6.70. The molecule has 0 saturated heterocycles. The van der Waals surface area contributed by atoms with Crippen LogP contribution < -0.4 is 5.32 Å². The monoisotopic (exact) mass is 435 g/mol. The van der Waals surface area contributed by atoms with Crippen LogP contribution in [0, 0.1) is 18.8 Å². The van der Waals surface area contributed by atoms with E-state index in [0.717, 1.165) is 29.1 Å². The molecule has 31 heavy (non-hydrogen) atoms. The molecule has 1 fully saturated rings. The van der Waals surface area contributed by atoms with E-state index in [2.05, 4.69) is 47.3 Å². The maximum Gasteiger partial charge on any atom is 0.230 e. The van der Waals surface area contributed by atoms with Crippen molar-refractivity contribution >= 4 is 17.7 Å². The minimum Gasteiger partial charge on any atom is -0.352 e. The van der Waals surface area contributed by atoms with E-state index in [1.807, 2.05) is 34.9 Å². The van der Waals surface area contributed by atoms with Gasteiger partial charge in [0.05, 0.1) is 11.4 Å². The Hall–Kier alpha value is -2.67. The Bertz CT molecular complexity index is 1040. The second-order valence-electron chi connectivity index (χ2n) is 8.40. The zero-order chi connectivity index (χ0) is 21.8. The lowest BCUT2D eigenvalue weighted by atomic mass is 9.78. The van der Waals surface area contributed by atoms with Crippen LogP contribution in [-0.2, 0) is 4.79 Å². The van der Waals surface area contributed by atoms with E-state index in [1.165, 1.54) is 24.6 Å². The molecule has 6 nitrogen and oxygen atoms in total. The number of hydrogen-bond acceptors (Lipinski definition) is 5. The van der Waals surface area contributed by atoms with E-state index in [-0.39, 0.29) is 11.9 Å². The average Bonchev–Trinajstić information content (AvgIpc) is 3.20. The number of hydrogen-bond donors (Lipinski definition) is 1. The molecule has 2 aromatic heterocycles. The van der Waals surface area contributed by atoms with Crippen LogP contribution >= 0.6 is 11.8 Å². The number of carbonyl (C=O) groups excluding carboxylic acids is 1. The number of nitrogens with one attached hydrogen (secondary N) is 1. The molecule has 4 rings (SSSR count). The van der Waals surface area contributed by atoms with Crippen LogP contribution in [0.25, 0.3) is 17.1 Å². The molecule has 1 aliphatic rings. The molecule has 1 saturated carbocycles. The maximum absolute atomic E-state index is 12.7. The van der Waals surface area contributed by atoms with Gasteiger partial charge < -0.3 is 5.32 Å². The topological polar surface area (TPSA) is 72.7 Å². The summed E-state index contributed by atoms with van der Waals surface area (Å²) in [4.78, 5) is 17.0. The van der Waals surface area contributed by atoms with Gasteiger partial charge in [-0.3, -0.25) is 14.3 Å². The molecule has 0 radical (unpaired) electrons. The minimum atomic E-state index is 0.0539. The van der Waals surface area contributed by atoms with Crippen LogP contribution in [0.3, 0.4) is 0 Å². The van der Waals surface area contributed by atoms with Gasteiger partial charge in [-0.25, -0.2) is 0 Å². The number of carbonyl (C=O) groups is 1. The van der Waals surface area contributed by atoms with Gasteiger partial charge in [0.1, 0.15) is 0 Å². The quantitative estimate of drug-likeness (QED) is 0.570. The van der Waals surface area contributed by atoms with Gasteiger partial charge in [-0.05, 0) is 48.9 Å². The lowest BCUT2D eigenvalue weighted by Crippen LogP contribution is -2.44. The predicted molar refractivity (Wildman–Crippen MR) is 124 cm³/mol. The van der Waals surface area contributed by atoms with Crippen molar-refractivity contribution in [1.29, 1.82) is 0 Å². The lowest BCUT2D eigenvalue weighted by molar-refractivity contribution is -0.120. The van der Waals surface area contributed by atoms with Gasteiger partial charge in [0.15, 0.2) is 11.0 Å². The second kappa shape index (κ2) is 9.64. The molecular weight excluding hydrogens is 406 g/mol. The molecule has 0 bridgehead atoms. The highest BCUT2D eigenvalue weighted by Gasteiger charge is 2.28. The van der Waals surface area contributed by atoms with E-state index in [1.54, 1.807) is 12.4 Å². The summed E-state index contributed by atoms with van der Waals surface area (Å²) in [6.45, 7) is 6.59. The molecule has 0 aliphatic heterocycles. The molecule has 3 atom stereocenters. The number of aromatic nitrogens is 4.